The summed E-state index contributed by atoms with van der Waals surface area (Å²) in [6, 6.07) is 9.84. The minimum Gasteiger partial charge on any atom is -0.384 e. The molecule has 30 heavy (non-hydrogen) atoms. The summed E-state index contributed by atoms with van der Waals surface area (Å²) in [6.45, 7) is 4.76. The highest BCUT2D eigenvalue weighted by molar-refractivity contribution is 7.19. The third-order valence-corrected chi connectivity index (χ3v) is 7.65. The first kappa shape index (κ1) is 21.0. The largest absolute Gasteiger partial charge is 0.384 e. The highest BCUT2D eigenvalue weighted by atomic mass is 32.1. The molecule has 0 radical (unpaired) electrons. The molecular formula is C23H28N2O4S. The van der Waals surface area contributed by atoms with Crippen molar-refractivity contribution in [3.8, 4) is 0 Å². The summed E-state index contributed by atoms with van der Waals surface area (Å²) in [5.74, 6) is 0.212. The van der Waals surface area contributed by atoms with Crippen LogP contribution in [0.15, 0.2) is 39.9 Å². The molecule has 160 valence electrons. The van der Waals surface area contributed by atoms with Gasteiger partial charge in [-0.2, -0.15) is 0 Å². The lowest BCUT2D eigenvalue weighted by Gasteiger charge is -2.22. The monoisotopic (exact) mass is 428 g/mol. The van der Waals surface area contributed by atoms with Crippen LogP contribution in [0.1, 0.15) is 35.8 Å². The van der Waals surface area contributed by atoms with Crippen LogP contribution in [0.25, 0.3) is 10.2 Å². The Morgan fingerprint density at radius 3 is 2.50 bits per heavy atom. The Labute approximate surface area is 179 Å². The summed E-state index contributed by atoms with van der Waals surface area (Å²) in [5, 5.41) is 11.7. The Morgan fingerprint density at radius 2 is 1.87 bits per heavy atom. The van der Waals surface area contributed by atoms with Gasteiger partial charge in [-0.3, -0.25) is 13.9 Å². The molecule has 1 atom stereocenters. The molecule has 0 amide bonds. The fourth-order valence-corrected chi connectivity index (χ4v) is 5.61. The van der Waals surface area contributed by atoms with Crippen LogP contribution in [-0.2, 0) is 29.8 Å². The Morgan fingerprint density at radius 1 is 1.17 bits per heavy atom. The number of methoxy groups -OCH3 is 1. The van der Waals surface area contributed by atoms with Crippen molar-refractivity contribution in [3.05, 3.63) is 67.2 Å². The molecule has 1 aliphatic carbocycles. The number of aliphatic hydroxyl groups is 1. The summed E-state index contributed by atoms with van der Waals surface area (Å²) in [4.78, 5) is 28.1. The van der Waals surface area contributed by atoms with Crippen molar-refractivity contribution in [2.45, 2.75) is 51.8 Å². The van der Waals surface area contributed by atoms with E-state index in [1.54, 1.807) is 11.7 Å². The normalized spacial score (nSPS) is 16.1. The predicted octanol–water partition coefficient (Wildman–Crippen LogP) is 3.04. The Hall–Kier alpha value is -2.22. The van der Waals surface area contributed by atoms with Gasteiger partial charge in [0, 0.05) is 18.5 Å². The second kappa shape index (κ2) is 8.13. The van der Waals surface area contributed by atoms with Crippen molar-refractivity contribution in [3.63, 3.8) is 0 Å². The molecule has 2 aromatic heterocycles. The van der Waals surface area contributed by atoms with Crippen LogP contribution in [-0.4, -0.2) is 28.0 Å². The standard InChI is InChI=1S/C23H28N2O4S/c1-15-18-20(26)24(12-11-16-7-5-4-6-8-16)22(27)25(13-14-29-3)21(18)30-19(15)23(2,28)17-9-10-17/h4-8,17,28H,9-14H2,1-3H3. The van der Waals surface area contributed by atoms with Gasteiger partial charge in [-0.1, -0.05) is 30.3 Å². The average Bonchev–Trinajstić information content (AvgIpc) is 3.53. The zero-order valence-corrected chi connectivity index (χ0v) is 18.5. The second-order valence-electron chi connectivity index (χ2n) is 8.28. The van der Waals surface area contributed by atoms with Gasteiger partial charge in [0.25, 0.3) is 5.56 Å². The maximum Gasteiger partial charge on any atom is 0.332 e. The number of thiophene rings is 1. The summed E-state index contributed by atoms with van der Waals surface area (Å²) in [5.41, 5.74) is 0.297. The number of hydrogen-bond donors (Lipinski definition) is 1. The zero-order valence-electron chi connectivity index (χ0n) is 17.7. The van der Waals surface area contributed by atoms with E-state index in [1.165, 1.54) is 15.9 Å². The fourth-order valence-electron chi connectivity index (χ4n) is 4.17. The molecule has 1 fully saturated rings. The first-order valence-electron chi connectivity index (χ1n) is 10.4. The number of rotatable bonds is 8. The summed E-state index contributed by atoms with van der Waals surface area (Å²) < 4.78 is 8.18. The lowest BCUT2D eigenvalue weighted by atomic mass is 9.95. The molecule has 1 unspecified atom stereocenters. The SMILES string of the molecule is COCCn1c(=O)n(CCc2ccccc2)c(=O)c2c(C)c(C(C)(O)C3CC3)sc21. The van der Waals surface area contributed by atoms with Crippen molar-refractivity contribution in [1.29, 1.82) is 0 Å². The molecule has 0 aliphatic heterocycles. The lowest BCUT2D eigenvalue weighted by molar-refractivity contribution is 0.0364. The van der Waals surface area contributed by atoms with Crippen LogP contribution in [0.4, 0.5) is 0 Å². The Balaban J connectivity index is 1.86. The van der Waals surface area contributed by atoms with Gasteiger partial charge < -0.3 is 9.84 Å². The van der Waals surface area contributed by atoms with E-state index in [9.17, 15) is 14.7 Å². The van der Waals surface area contributed by atoms with Crippen LogP contribution in [0.3, 0.4) is 0 Å². The molecule has 7 heteroatoms. The number of hydrogen-bond acceptors (Lipinski definition) is 5. The fraction of sp³-hybridized carbons (Fsp3) is 0.478. The van der Waals surface area contributed by atoms with Crippen LogP contribution in [0.5, 0.6) is 0 Å². The average molecular weight is 429 g/mol. The quantitative estimate of drug-likeness (QED) is 0.599. The van der Waals surface area contributed by atoms with Crippen molar-refractivity contribution in [2.24, 2.45) is 5.92 Å². The molecule has 1 aliphatic rings. The lowest BCUT2D eigenvalue weighted by Crippen LogP contribution is -2.40. The van der Waals surface area contributed by atoms with E-state index in [-0.39, 0.29) is 17.2 Å². The molecule has 0 spiro atoms. The molecule has 2 heterocycles. The molecule has 1 saturated carbocycles. The van der Waals surface area contributed by atoms with Crippen LogP contribution >= 0.6 is 11.3 Å². The maximum atomic E-state index is 13.4. The number of ether oxygens (including phenoxy) is 1. The summed E-state index contributed by atoms with van der Waals surface area (Å²) >= 11 is 1.37. The van der Waals surface area contributed by atoms with Gasteiger partial charge in [0.2, 0.25) is 0 Å². The molecule has 6 nitrogen and oxygen atoms in total. The van der Waals surface area contributed by atoms with Crippen molar-refractivity contribution >= 4 is 21.6 Å². The first-order valence-corrected chi connectivity index (χ1v) is 11.2. The minimum atomic E-state index is -0.975. The molecule has 1 aromatic carbocycles. The van der Waals surface area contributed by atoms with Gasteiger partial charge in [-0.15, -0.1) is 11.3 Å². The van der Waals surface area contributed by atoms with E-state index in [2.05, 4.69) is 0 Å². The molecule has 0 saturated heterocycles. The van der Waals surface area contributed by atoms with E-state index in [4.69, 9.17) is 4.74 Å². The van der Waals surface area contributed by atoms with E-state index >= 15 is 0 Å². The predicted molar refractivity (Wildman–Crippen MR) is 119 cm³/mol. The summed E-state index contributed by atoms with van der Waals surface area (Å²) in [6.07, 6.45) is 2.57. The molecule has 1 N–H and O–H groups in total. The van der Waals surface area contributed by atoms with Crippen molar-refractivity contribution in [2.75, 3.05) is 13.7 Å². The highest BCUT2D eigenvalue weighted by Gasteiger charge is 2.43. The van der Waals surface area contributed by atoms with Gasteiger partial charge in [-0.25, -0.2) is 4.79 Å². The molecule has 3 aromatic rings. The van der Waals surface area contributed by atoms with Crippen LogP contribution in [0, 0.1) is 12.8 Å². The zero-order chi connectivity index (χ0) is 21.5. The van der Waals surface area contributed by atoms with Gasteiger partial charge in [0.15, 0.2) is 0 Å². The number of fused-ring (bicyclic) bond motifs is 1. The smallest absolute Gasteiger partial charge is 0.332 e. The summed E-state index contributed by atoms with van der Waals surface area (Å²) in [7, 11) is 1.59. The van der Waals surface area contributed by atoms with E-state index < -0.39 is 5.60 Å². The number of aryl methyl sites for hydroxylation is 2. The third kappa shape index (κ3) is 3.66. The number of nitrogens with zero attached hydrogens (tertiary/aromatic N) is 2. The molecule has 0 bridgehead atoms. The van der Waals surface area contributed by atoms with E-state index in [0.29, 0.717) is 36.3 Å². The van der Waals surface area contributed by atoms with E-state index in [1.807, 2.05) is 44.2 Å². The van der Waals surface area contributed by atoms with Gasteiger partial charge in [0.05, 0.1) is 24.1 Å². The van der Waals surface area contributed by atoms with Gasteiger partial charge in [-0.05, 0) is 50.2 Å². The highest BCUT2D eigenvalue weighted by Crippen LogP contribution is 2.49. The Bertz CT molecular complexity index is 1170. The van der Waals surface area contributed by atoms with Crippen LogP contribution in [0.2, 0.25) is 0 Å². The van der Waals surface area contributed by atoms with Crippen LogP contribution < -0.4 is 11.2 Å². The second-order valence-corrected chi connectivity index (χ2v) is 9.28. The van der Waals surface area contributed by atoms with Crippen molar-refractivity contribution < 1.29 is 9.84 Å². The Kier molecular flexibility index (Phi) is 5.70. The number of benzene rings is 1. The van der Waals surface area contributed by atoms with Crippen molar-refractivity contribution in [1.82, 2.24) is 9.13 Å². The molecule has 4 rings (SSSR count). The van der Waals surface area contributed by atoms with E-state index in [0.717, 1.165) is 28.8 Å². The maximum absolute atomic E-state index is 13.4. The topological polar surface area (TPSA) is 73.5 Å². The molecular weight excluding hydrogens is 400 g/mol. The minimum absolute atomic E-state index is 0.212. The van der Waals surface area contributed by atoms with Gasteiger partial charge in [0.1, 0.15) is 4.83 Å². The number of aromatic nitrogens is 2. The first-order chi connectivity index (χ1) is 14.4. The van der Waals surface area contributed by atoms with Gasteiger partial charge >= 0.3 is 5.69 Å². The third-order valence-electron chi connectivity index (χ3n) is 6.11.